The first-order valence-electron chi connectivity index (χ1n) is 6.20. The SMILES string of the molecule is N#Cc1ccc(NC(=O)C2CCCNC2)cc1C#N. The fourth-order valence-electron chi connectivity index (χ4n) is 2.13. The molecular weight excluding hydrogens is 240 g/mol. The number of amides is 1. The van der Waals surface area contributed by atoms with Crippen LogP contribution in [0.25, 0.3) is 0 Å². The van der Waals surface area contributed by atoms with E-state index in [1.54, 1.807) is 12.1 Å². The summed E-state index contributed by atoms with van der Waals surface area (Å²) in [4.78, 5) is 12.0. The fourth-order valence-corrected chi connectivity index (χ4v) is 2.13. The summed E-state index contributed by atoms with van der Waals surface area (Å²) >= 11 is 0. The van der Waals surface area contributed by atoms with Gasteiger partial charge in [0.2, 0.25) is 5.91 Å². The molecule has 1 aromatic rings. The number of nitriles is 2. The van der Waals surface area contributed by atoms with E-state index in [1.165, 1.54) is 6.07 Å². The largest absolute Gasteiger partial charge is 0.326 e. The molecule has 0 aromatic heterocycles. The zero-order valence-electron chi connectivity index (χ0n) is 10.4. The number of carbonyl (C=O) groups excluding carboxylic acids is 1. The van der Waals surface area contributed by atoms with Crippen molar-refractivity contribution in [1.82, 2.24) is 5.32 Å². The Bertz CT molecular complexity index is 562. The lowest BCUT2D eigenvalue weighted by molar-refractivity contribution is -0.120. The molecule has 0 bridgehead atoms. The predicted molar refractivity (Wildman–Crippen MR) is 70.1 cm³/mol. The maximum Gasteiger partial charge on any atom is 0.228 e. The van der Waals surface area contributed by atoms with Crippen molar-refractivity contribution >= 4 is 11.6 Å². The summed E-state index contributed by atoms with van der Waals surface area (Å²) in [5.41, 5.74) is 1.16. The van der Waals surface area contributed by atoms with E-state index in [-0.39, 0.29) is 17.4 Å². The number of hydrogen-bond acceptors (Lipinski definition) is 4. The third kappa shape index (κ3) is 3.09. The van der Waals surface area contributed by atoms with Gasteiger partial charge in [0.25, 0.3) is 0 Å². The summed E-state index contributed by atoms with van der Waals surface area (Å²) < 4.78 is 0. The number of nitrogens with zero attached hydrogens (tertiary/aromatic N) is 2. The van der Waals surface area contributed by atoms with Crippen molar-refractivity contribution in [2.45, 2.75) is 12.8 Å². The molecule has 0 radical (unpaired) electrons. The zero-order valence-corrected chi connectivity index (χ0v) is 10.4. The Morgan fingerprint density at radius 2 is 2.11 bits per heavy atom. The lowest BCUT2D eigenvalue weighted by Gasteiger charge is -2.21. The van der Waals surface area contributed by atoms with Gasteiger partial charge in [0, 0.05) is 12.2 Å². The van der Waals surface area contributed by atoms with Crippen LogP contribution in [0.4, 0.5) is 5.69 Å². The number of nitrogens with one attached hydrogen (secondary N) is 2. The van der Waals surface area contributed by atoms with Crippen LogP contribution in [0.15, 0.2) is 18.2 Å². The Morgan fingerprint density at radius 1 is 1.32 bits per heavy atom. The average molecular weight is 254 g/mol. The van der Waals surface area contributed by atoms with Crippen LogP contribution in [0, 0.1) is 28.6 Å². The zero-order chi connectivity index (χ0) is 13.7. The van der Waals surface area contributed by atoms with Crippen molar-refractivity contribution in [3.8, 4) is 12.1 Å². The highest BCUT2D eigenvalue weighted by molar-refractivity contribution is 5.93. The Hall–Kier alpha value is -2.37. The molecule has 19 heavy (non-hydrogen) atoms. The highest BCUT2D eigenvalue weighted by atomic mass is 16.1. The van der Waals surface area contributed by atoms with Crippen molar-refractivity contribution < 1.29 is 4.79 Å². The summed E-state index contributed by atoms with van der Waals surface area (Å²) in [5, 5.41) is 23.7. The van der Waals surface area contributed by atoms with E-state index in [9.17, 15) is 4.79 Å². The maximum atomic E-state index is 12.0. The molecule has 1 amide bonds. The van der Waals surface area contributed by atoms with Crippen LogP contribution < -0.4 is 10.6 Å². The first-order chi connectivity index (χ1) is 9.24. The lowest BCUT2D eigenvalue weighted by atomic mass is 9.98. The van der Waals surface area contributed by atoms with Gasteiger partial charge in [0.15, 0.2) is 0 Å². The second kappa shape index (κ2) is 5.99. The first-order valence-corrected chi connectivity index (χ1v) is 6.20. The van der Waals surface area contributed by atoms with Crippen LogP contribution in [-0.4, -0.2) is 19.0 Å². The van der Waals surface area contributed by atoms with Crippen LogP contribution in [0.5, 0.6) is 0 Å². The Balaban J connectivity index is 2.09. The van der Waals surface area contributed by atoms with Crippen molar-refractivity contribution in [3.63, 3.8) is 0 Å². The van der Waals surface area contributed by atoms with Gasteiger partial charge in [0.05, 0.1) is 17.0 Å². The number of piperidine rings is 1. The van der Waals surface area contributed by atoms with Gasteiger partial charge in [-0.1, -0.05) is 0 Å². The first kappa shape index (κ1) is 13.1. The van der Waals surface area contributed by atoms with Crippen molar-refractivity contribution in [2.75, 3.05) is 18.4 Å². The lowest BCUT2D eigenvalue weighted by Crippen LogP contribution is -2.37. The second-order valence-electron chi connectivity index (χ2n) is 4.52. The van der Waals surface area contributed by atoms with Crippen LogP contribution >= 0.6 is 0 Å². The minimum Gasteiger partial charge on any atom is -0.326 e. The molecule has 1 heterocycles. The molecule has 0 spiro atoms. The molecule has 1 aromatic carbocycles. The van der Waals surface area contributed by atoms with Crippen LogP contribution in [0.3, 0.4) is 0 Å². The summed E-state index contributed by atoms with van der Waals surface area (Å²) in [6.45, 7) is 1.65. The molecule has 1 saturated heterocycles. The van der Waals surface area contributed by atoms with Crippen molar-refractivity contribution in [1.29, 1.82) is 10.5 Å². The molecule has 0 saturated carbocycles. The van der Waals surface area contributed by atoms with E-state index in [0.29, 0.717) is 17.8 Å². The van der Waals surface area contributed by atoms with Gasteiger partial charge < -0.3 is 10.6 Å². The van der Waals surface area contributed by atoms with E-state index in [1.807, 2.05) is 12.1 Å². The number of benzene rings is 1. The summed E-state index contributed by atoms with van der Waals surface area (Å²) in [7, 11) is 0. The van der Waals surface area contributed by atoms with Crippen LogP contribution in [-0.2, 0) is 4.79 Å². The van der Waals surface area contributed by atoms with E-state index < -0.39 is 0 Å². The molecule has 5 nitrogen and oxygen atoms in total. The van der Waals surface area contributed by atoms with Crippen molar-refractivity contribution in [3.05, 3.63) is 29.3 Å². The van der Waals surface area contributed by atoms with Gasteiger partial charge in [-0.15, -0.1) is 0 Å². The van der Waals surface area contributed by atoms with Crippen LogP contribution in [0.2, 0.25) is 0 Å². The minimum absolute atomic E-state index is 0.0325. The van der Waals surface area contributed by atoms with Gasteiger partial charge in [-0.05, 0) is 37.6 Å². The van der Waals surface area contributed by atoms with Gasteiger partial charge in [0.1, 0.15) is 12.1 Å². The molecule has 96 valence electrons. The summed E-state index contributed by atoms with van der Waals surface area (Å²) in [6.07, 6.45) is 1.87. The number of hydrogen-bond donors (Lipinski definition) is 2. The molecule has 5 heteroatoms. The highest BCUT2D eigenvalue weighted by Crippen LogP contribution is 2.17. The minimum atomic E-state index is -0.0409. The Morgan fingerprint density at radius 3 is 2.74 bits per heavy atom. The number of anilines is 1. The van der Waals surface area contributed by atoms with E-state index in [0.717, 1.165) is 19.4 Å². The van der Waals surface area contributed by atoms with Crippen molar-refractivity contribution in [2.24, 2.45) is 5.92 Å². The summed E-state index contributed by atoms with van der Waals surface area (Å²) in [5.74, 6) is -0.0734. The fraction of sp³-hybridized carbons (Fsp3) is 0.357. The molecule has 1 aliphatic rings. The van der Waals surface area contributed by atoms with Gasteiger partial charge in [-0.2, -0.15) is 10.5 Å². The van der Waals surface area contributed by atoms with Crippen LogP contribution in [0.1, 0.15) is 24.0 Å². The Kier molecular flexibility index (Phi) is 4.12. The third-order valence-electron chi connectivity index (χ3n) is 3.20. The number of carbonyl (C=O) groups is 1. The van der Waals surface area contributed by atoms with Gasteiger partial charge in [-0.25, -0.2) is 0 Å². The second-order valence-corrected chi connectivity index (χ2v) is 4.52. The molecule has 1 atom stereocenters. The highest BCUT2D eigenvalue weighted by Gasteiger charge is 2.20. The molecular formula is C14H14N4O. The molecule has 0 aliphatic carbocycles. The molecule has 1 aliphatic heterocycles. The predicted octanol–water partition coefficient (Wildman–Crippen LogP) is 1.37. The molecule has 2 N–H and O–H groups in total. The van der Waals surface area contributed by atoms with Gasteiger partial charge >= 0.3 is 0 Å². The molecule has 1 unspecified atom stereocenters. The maximum absolute atomic E-state index is 12.0. The summed E-state index contributed by atoms with van der Waals surface area (Å²) in [6, 6.07) is 8.63. The quantitative estimate of drug-likeness (QED) is 0.834. The normalized spacial score (nSPS) is 18.1. The van der Waals surface area contributed by atoms with E-state index in [4.69, 9.17) is 10.5 Å². The average Bonchev–Trinajstić information content (AvgIpc) is 2.48. The van der Waals surface area contributed by atoms with E-state index in [2.05, 4.69) is 10.6 Å². The Labute approximate surface area is 111 Å². The monoisotopic (exact) mass is 254 g/mol. The van der Waals surface area contributed by atoms with E-state index >= 15 is 0 Å². The topological polar surface area (TPSA) is 88.7 Å². The molecule has 1 fully saturated rings. The smallest absolute Gasteiger partial charge is 0.228 e. The standard InChI is InChI=1S/C14H14N4O/c15-7-10-3-4-13(6-12(10)8-16)18-14(19)11-2-1-5-17-9-11/h3-4,6,11,17H,1-2,5,9H2,(H,18,19). The number of rotatable bonds is 2. The molecule has 2 rings (SSSR count). The third-order valence-corrected chi connectivity index (χ3v) is 3.20. The van der Waals surface area contributed by atoms with Gasteiger partial charge in [-0.3, -0.25) is 4.79 Å².